The highest BCUT2D eigenvalue weighted by atomic mass is 32.1. The minimum atomic E-state index is 0.890. The molecule has 0 saturated heterocycles. The van der Waals surface area contributed by atoms with Crippen LogP contribution >= 0.6 is 11.3 Å². The van der Waals surface area contributed by atoms with E-state index in [1.54, 1.807) is 0 Å². The van der Waals surface area contributed by atoms with Crippen LogP contribution < -0.4 is 4.90 Å². The summed E-state index contributed by atoms with van der Waals surface area (Å²) >= 11 is 1.87. The first kappa shape index (κ1) is 35.2. The van der Waals surface area contributed by atoms with Gasteiger partial charge in [-0.2, -0.15) is 0 Å². The van der Waals surface area contributed by atoms with Crippen molar-refractivity contribution in [1.82, 2.24) is 0 Å². The maximum atomic E-state index is 6.91. The van der Waals surface area contributed by atoms with Gasteiger partial charge in [0.15, 0.2) is 0 Å². The van der Waals surface area contributed by atoms with E-state index >= 15 is 0 Å². The molecule has 2 nitrogen and oxygen atoms in total. The van der Waals surface area contributed by atoms with E-state index in [-0.39, 0.29) is 0 Å². The Balaban J connectivity index is 1.01. The third kappa shape index (κ3) is 6.01. The Bertz CT molecular complexity index is 3580. The number of hydrogen-bond acceptors (Lipinski definition) is 3. The largest absolute Gasteiger partial charge is 0.455 e. The molecule has 0 atom stereocenters. The van der Waals surface area contributed by atoms with Gasteiger partial charge in [-0.25, -0.2) is 0 Å². The summed E-state index contributed by atoms with van der Waals surface area (Å²) in [5.41, 5.74) is 14.4. The van der Waals surface area contributed by atoms with Gasteiger partial charge < -0.3 is 9.32 Å². The molecule has 0 fully saturated rings. The molecule has 0 radical (unpaired) electrons. The summed E-state index contributed by atoms with van der Waals surface area (Å²) in [6, 6.07) is 81.0. The van der Waals surface area contributed by atoms with Gasteiger partial charge in [-0.05, 0) is 87.3 Å². The van der Waals surface area contributed by atoms with E-state index < -0.39 is 0 Å². The summed E-state index contributed by atoms with van der Waals surface area (Å²) < 4.78 is 9.54. The molecule has 2 aromatic heterocycles. The molecule has 0 N–H and O–H groups in total. The molecule has 12 rings (SSSR count). The Kier molecular flexibility index (Phi) is 8.39. The summed E-state index contributed by atoms with van der Waals surface area (Å²) in [5, 5.41) is 7.15. The Morgan fingerprint density at radius 1 is 0.328 bits per heavy atom. The zero-order valence-corrected chi connectivity index (χ0v) is 33.9. The van der Waals surface area contributed by atoms with Crippen LogP contribution in [0.5, 0.6) is 0 Å². The minimum Gasteiger partial charge on any atom is -0.455 e. The van der Waals surface area contributed by atoms with Crippen molar-refractivity contribution in [2.45, 2.75) is 0 Å². The maximum Gasteiger partial charge on any atom is 0.143 e. The molecule has 0 spiro atoms. The van der Waals surface area contributed by atoms with E-state index in [0.717, 1.165) is 55.5 Å². The Hall–Kier alpha value is -7.72. The van der Waals surface area contributed by atoms with E-state index in [4.69, 9.17) is 4.42 Å². The molecule has 286 valence electrons. The maximum absolute atomic E-state index is 6.91. The van der Waals surface area contributed by atoms with Crippen LogP contribution in [-0.4, -0.2) is 0 Å². The average Bonchev–Trinajstić information content (AvgIpc) is 3.92. The van der Waals surface area contributed by atoms with Gasteiger partial charge in [0.1, 0.15) is 11.2 Å². The summed E-state index contributed by atoms with van der Waals surface area (Å²) in [6.45, 7) is 0. The molecule has 3 heteroatoms. The molecule has 0 unspecified atom stereocenters. The first-order valence-corrected chi connectivity index (χ1v) is 21.6. The molecule has 2 heterocycles. The van der Waals surface area contributed by atoms with Crippen molar-refractivity contribution in [2.24, 2.45) is 0 Å². The molecular formula is C58H37NOS. The standard InChI is InChI=1S/C58H37NOS/c1-2-13-38(14-3-1)42-16-10-17-43(37-42)39-27-32-44(33-28-39)59(45-34-29-41(30-35-45)47-21-11-24-53-49-20-7-9-26-55(49)61-58(47)53)54-25-8-6-19-48(54)50-22-12-23-51-52-36-31-40-15-4-5-18-46(40)56(52)60-57(50)51/h1-37H. The topological polar surface area (TPSA) is 16.4 Å². The van der Waals surface area contributed by atoms with Gasteiger partial charge >= 0.3 is 0 Å². The second-order valence-corrected chi connectivity index (χ2v) is 16.7. The smallest absolute Gasteiger partial charge is 0.143 e. The van der Waals surface area contributed by atoms with Gasteiger partial charge in [0.05, 0.1) is 5.69 Å². The van der Waals surface area contributed by atoms with Crippen molar-refractivity contribution >= 4 is 81.3 Å². The van der Waals surface area contributed by atoms with Gasteiger partial charge in [-0.1, -0.05) is 176 Å². The zero-order chi connectivity index (χ0) is 40.3. The lowest BCUT2D eigenvalue weighted by atomic mass is 9.97. The highest BCUT2D eigenvalue weighted by Crippen LogP contribution is 2.46. The zero-order valence-electron chi connectivity index (χ0n) is 33.1. The fourth-order valence-electron chi connectivity index (χ4n) is 9.14. The van der Waals surface area contributed by atoms with Gasteiger partial charge in [-0.15, -0.1) is 11.3 Å². The van der Waals surface area contributed by atoms with Crippen LogP contribution in [-0.2, 0) is 0 Å². The summed E-state index contributed by atoms with van der Waals surface area (Å²) in [7, 11) is 0. The molecule has 10 aromatic carbocycles. The number of para-hydroxylation sites is 2. The van der Waals surface area contributed by atoms with E-state index in [1.165, 1.54) is 58.9 Å². The van der Waals surface area contributed by atoms with Crippen molar-refractivity contribution in [1.29, 1.82) is 0 Å². The Labute approximate surface area is 357 Å². The van der Waals surface area contributed by atoms with Gasteiger partial charge in [0.2, 0.25) is 0 Å². The molecule has 0 aliphatic heterocycles. The lowest BCUT2D eigenvalue weighted by Gasteiger charge is -2.28. The van der Waals surface area contributed by atoms with Crippen molar-refractivity contribution in [2.75, 3.05) is 4.90 Å². The fraction of sp³-hybridized carbons (Fsp3) is 0. The normalized spacial score (nSPS) is 11.6. The summed E-state index contributed by atoms with van der Waals surface area (Å²) in [6.07, 6.45) is 0. The van der Waals surface area contributed by atoms with E-state index in [0.29, 0.717) is 0 Å². The SMILES string of the molecule is c1ccc(-c2cccc(-c3ccc(N(c4ccc(-c5cccc6c5sc5ccccc56)cc4)c4ccccc4-c4cccc5c4oc4c6ccccc6ccc54)cc3)c2)cc1. The van der Waals surface area contributed by atoms with Gasteiger partial charge in [0.25, 0.3) is 0 Å². The highest BCUT2D eigenvalue weighted by molar-refractivity contribution is 7.26. The molecule has 0 bridgehead atoms. The molecule has 12 aromatic rings. The fourth-order valence-corrected chi connectivity index (χ4v) is 10.4. The van der Waals surface area contributed by atoms with Crippen LogP contribution in [0.3, 0.4) is 0 Å². The second kappa shape index (κ2) is 14.5. The number of fused-ring (bicyclic) bond motifs is 8. The highest BCUT2D eigenvalue weighted by Gasteiger charge is 2.21. The summed E-state index contributed by atoms with van der Waals surface area (Å²) in [4.78, 5) is 2.39. The van der Waals surface area contributed by atoms with Crippen LogP contribution in [0.1, 0.15) is 0 Å². The number of thiophene rings is 1. The number of nitrogens with zero attached hydrogens (tertiary/aromatic N) is 1. The molecule has 0 aliphatic carbocycles. The predicted molar refractivity (Wildman–Crippen MR) is 261 cm³/mol. The second-order valence-electron chi connectivity index (χ2n) is 15.6. The monoisotopic (exact) mass is 795 g/mol. The minimum absolute atomic E-state index is 0.890. The molecular weight excluding hydrogens is 759 g/mol. The number of hydrogen-bond donors (Lipinski definition) is 0. The van der Waals surface area contributed by atoms with Crippen LogP contribution in [0.25, 0.3) is 97.4 Å². The quantitative estimate of drug-likeness (QED) is 0.160. The van der Waals surface area contributed by atoms with Crippen LogP contribution in [0.15, 0.2) is 229 Å². The van der Waals surface area contributed by atoms with Crippen molar-refractivity contribution < 1.29 is 4.42 Å². The van der Waals surface area contributed by atoms with E-state index in [1.807, 2.05) is 11.3 Å². The molecule has 0 aliphatic rings. The van der Waals surface area contributed by atoms with E-state index in [9.17, 15) is 0 Å². The van der Waals surface area contributed by atoms with Crippen LogP contribution in [0.2, 0.25) is 0 Å². The third-order valence-corrected chi connectivity index (χ3v) is 13.3. The lowest BCUT2D eigenvalue weighted by Crippen LogP contribution is -2.11. The van der Waals surface area contributed by atoms with Crippen LogP contribution in [0.4, 0.5) is 17.1 Å². The number of anilines is 3. The van der Waals surface area contributed by atoms with Crippen molar-refractivity contribution in [3.8, 4) is 44.5 Å². The third-order valence-electron chi connectivity index (χ3n) is 12.1. The summed E-state index contributed by atoms with van der Waals surface area (Å²) in [5.74, 6) is 0. The first-order valence-electron chi connectivity index (χ1n) is 20.7. The number of rotatable bonds is 7. The van der Waals surface area contributed by atoms with Gasteiger partial charge in [0, 0.05) is 58.8 Å². The van der Waals surface area contributed by atoms with Crippen molar-refractivity contribution in [3.63, 3.8) is 0 Å². The van der Waals surface area contributed by atoms with Crippen molar-refractivity contribution in [3.05, 3.63) is 224 Å². The first-order chi connectivity index (χ1) is 30.2. The predicted octanol–water partition coefficient (Wildman–Crippen LogP) is 17.2. The molecule has 0 amide bonds. The molecule has 61 heavy (non-hydrogen) atoms. The number of benzene rings is 10. The number of furan rings is 1. The van der Waals surface area contributed by atoms with Gasteiger partial charge in [-0.3, -0.25) is 0 Å². The van der Waals surface area contributed by atoms with Crippen LogP contribution in [0, 0.1) is 0 Å². The lowest BCUT2D eigenvalue weighted by molar-refractivity contribution is 0.674. The van der Waals surface area contributed by atoms with E-state index in [2.05, 4.69) is 229 Å². The Morgan fingerprint density at radius 3 is 1.69 bits per heavy atom. The average molecular weight is 796 g/mol. The molecule has 0 saturated carbocycles. The Morgan fingerprint density at radius 2 is 0.885 bits per heavy atom.